The molecule has 5 heteroatoms. The smallest absolute Gasteiger partial charge is 0.338 e. The van der Waals surface area contributed by atoms with Crippen LogP contribution in [0.2, 0.25) is 0 Å². The maximum absolute atomic E-state index is 12.1. The predicted molar refractivity (Wildman–Crippen MR) is 95.9 cm³/mol. The van der Waals surface area contributed by atoms with Gasteiger partial charge in [-0.1, -0.05) is 18.2 Å². The average Bonchev–Trinajstić information content (AvgIpc) is 3.16. The van der Waals surface area contributed by atoms with Crippen molar-refractivity contribution in [1.29, 1.82) is 0 Å². The molecule has 1 heterocycles. The first kappa shape index (κ1) is 16.5. The zero-order chi connectivity index (χ0) is 17.6. The van der Waals surface area contributed by atoms with Gasteiger partial charge in [-0.05, 0) is 55.0 Å². The first-order valence-corrected chi connectivity index (χ1v) is 7.89. The fraction of sp³-hybridized carbons (Fsp3) is 0.100. The molecule has 0 fully saturated rings. The Labute approximate surface area is 145 Å². The Bertz CT molecular complexity index is 868. The lowest BCUT2D eigenvalue weighted by Crippen LogP contribution is -2.21. The minimum Gasteiger partial charge on any atom is -0.452 e. The van der Waals surface area contributed by atoms with E-state index in [2.05, 4.69) is 5.32 Å². The molecule has 0 aliphatic rings. The quantitative estimate of drug-likeness (QED) is 0.726. The van der Waals surface area contributed by atoms with Crippen molar-refractivity contribution in [2.75, 3.05) is 11.9 Å². The molecule has 0 atom stereocenters. The number of benzene rings is 2. The molecule has 0 unspecified atom stereocenters. The number of anilines is 1. The number of aromatic nitrogens is 1. The molecule has 1 aromatic heterocycles. The van der Waals surface area contributed by atoms with Gasteiger partial charge in [0.1, 0.15) is 0 Å². The second kappa shape index (κ2) is 7.49. The van der Waals surface area contributed by atoms with E-state index in [1.165, 1.54) is 0 Å². The van der Waals surface area contributed by atoms with Crippen molar-refractivity contribution in [1.82, 2.24) is 4.57 Å². The van der Waals surface area contributed by atoms with Crippen molar-refractivity contribution >= 4 is 17.6 Å². The first-order valence-electron chi connectivity index (χ1n) is 7.89. The van der Waals surface area contributed by atoms with Crippen LogP contribution in [0.5, 0.6) is 0 Å². The summed E-state index contributed by atoms with van der Waals surface area (Å²) in [4.78, 5) is 24.0. The number of ether oxygens (including phenoxy) is 1. The third-order valence-electron chi connectivity index (χ3n) is 3.76. The van der Waals surface area contributed by atoms with Crippen LogP contribution in [0, 0.1) is 6.92 Å². The predicted octanol–water partition coefficient (Wildman–Crippen LogP) is 3.58. The number of esters is 1. The molecule has 0 spiro atoms. The van der Waals surface area contributed by atoms with E-state index in [9.17, 15) is 9.59 Å². The van der Waals surface area contributed by atoms with Gasteiger partial charge in [-0.15, -0.1) is 0 Å². The molecule has 1 N–H and O–H groups in total. The van der Waals surface area contributed by atoms with Gasteiger partial charge in [-0.25, -0.2) is 4.79 Å². The van der Waals surface area contributed by atoms with Gasteiger partial charge in [-0.3, -0.25) is 4.79 Å². The number of nitrogens with zero attached hydrogens (tertiary/aromatic N) is 1. The number of nitrogens with one attached hydrogen (secondary N) is 1. The van der Waals surface area contributed by atoms with E-state index in [-0.39, 0.29) is 12.5 Å². The number of hydrogen-bond donors (Lipinski definition) is 1. The second-order valence-electron chi connectivity index (χ2n) is 5.58. The van der Waals surface area contributed by atoms with Crippen molar-refractivity contribution < 1.29 is 14.3 Å². The maximum Gasteiger partial charge on any atom is 0.338 e. The molecule has 0 aliphatic carbocycles. The SMILES string of the molecule is Cc1ccccc1NC(=O)COC(=O)c1ccc(-n2cccc2)cc1. The summed E-state index contributed by atoms with van der Waals surface area (Å²) in [6, 6.07) is 18.3. The van der Waals surface area contributed by atoms with Gasteiger partial charge in [0.2, 0.25) is 0 Å². The van der Waals surface area contributed by atoms with Gasteiger partial charge < -0.3 is 14.6 Å². The highest BCUT2D eigenvalue weighted by atomic mass is 16.5. The van der Waals surface area contributed by atoms with E-state index in [0.717, 1.165) is 11.3 Å². The molecule has 3 aromatic rings. The van der Waals surface area contributed by atoms with Crippen molar-refractivity contribution in [2.45, 2.75) is 6.92 Å². The number of rotatable bonds is 5. The van der Waals surface area contributed by atoms with Crippen LogP contribution >= 0.6 is 0 Å². The fourth-order valence-corrected chi connectivity index (χ4v) is 2.39. The Kier molecular flexibility index (Phi) is 4.95. The van der Waals surface area contributed by atoms with Gasteiger partial charge in [-0.2, -0.15) is 0 Å². The van der Waals surface area contributed by atoms with E-state index in [1.54, 1.807) is 18.2 Å². The molecular formula is C20H18N2O3. The van der Waals surface area contributed by atoms with Crippen LogP contribution in [-0.4, -0.2) is 23.1 Å². The molecule has 25 heavy (non-hydrogen) atoms. The summed E-state index contributed by atoms with van der Waals surface area (Å²) in [6.45, 7) is 1.57. The molecular weight excluding hydrogens is 316 g/mol. The number of carbonyl (C=O) groups is 2. The van der Waals surface area contributed by atoms with Gasteiger partial charge in [0.25, 0.3) is 5.91 Å². The third kappa shape index (κ3) is 4.14. The second-order valence-corrected chi connectivity index (χ2v) is 5.58. The highest BCUT2D eigenvalue weighted by molar-refractivity contribution is 5.95. The van der Waals surface area contributed by atoms with Crippen LogP contribution in [0.4, 0.5) is 5.69 Å². The van der Waals surface area contributed by atoms with E-state index in [1.807, 2.05) is 66.3 Å². The van der Waals surface area contributed by atoms with Crippen LogP contribution in [-0.2, 0) is 9.53 Å². The lowest BCUT2D eigenvalue weighted by molar-refractivity contribution is -0.119. The molecule has 0 bridgehead atoms. The summed E-state index contributed by atoms with van der Waals surface area (Å²) in [5.41, 5.74) is 3.00. The summed E-state index contributed by atoms with van der Waals surface area (Å²) in [6.07, 6.45) is 3.84. The van der Waals surface area contributed by atoms with E-state index in [4.69, 9.17) is 4.74 Å². The topological polar surface area (TPSA) is 60.3 Å². The molecule has 0 saturated carbocycles. The molecule has 126 valence electrons. The van der Waals surface area contributed by atoms with Gasteiger partial charge >= 0.3 is 5.97 Å². The third-order valence-corrected chi connectivity index (χ3v) is 3.76. The van der Waals surface area contributed by atoms with Gasteiger partial charge in [0.05, 0.1) is 5.56 Å². The lowest BCUT2D eigenvalue weighted by atomic mass is 10.2. The zero-order valence-electron chi connectivity index (χ0n) is 13.8. The summed E-state index contributed by atoms with van der Waals surface area (Å²) >= 11 is 0. The lowest BCUT2D eigenvalue weighted by Gasteiger charge is -2.09. The van der Waals surface area contributed by atoms with Crippen LogP contribution < -0.4 is 5.32 Å². The van der Waals surface area contributed by atoms with Crippen molar-refractivity contribution in [2.24, 2.45) is 0 Å². The Morgan fingerprint density at radius 2 is 1.64 bits per heavy atom. The van der Waals surface area contributed by atoms with Crippen LogP contribution in [0.1, 0.15) is 15.9 Å². The fourth-order valence-electron chi connectivity index (χ4n) is 2.39. The Morgan fingerprint density at radius 1 is 0.960 bits per heavy atom. The maximum atomic E-state index is 12.1. The van der Waals surface area contributed by atoms with Crippen LogP contribution in [0.25, 0.3) is 5.69 Å². The molecule has 0 saturated heterocycles. The number of hydrogen-bond acceptors (Lipinski definition) is 3. The van der Waals surface area contributed by atoms with Crippen molar-refractivity contribution in [3.05, 3.63) is 84.2 Å². The van der Waals surface area contributed by atoms with Gasteiger partial charge in [0, 0.05) is 23.8 Å². The summed E-state index contributed by atoms with van der Waals surface area (Å²) < 4.78 is 7.01. The molecule has 5 nitrogen and oxygen atoms in total. The zero-order valence-corrected chi connectivity index (χ0v) is 13.8. The van der Waals surface area contributed by atoms with Crippen molar-refractivity contribution in [3.63, 3.8) is 0 Å². The minimum atomic E-state index is -0.529. The van der Waals surface area contributed by atoms with Crippen LogP contribution in [0.3, 0.4) is 0 Å². The van der Waals surface area contributed by atoms with Crippen LogP contribution in [0.15, 0.2) is 73.1 Å². The highest BCUT2D eigenvalue weighted by Gasteiger charge is 2.11. The molecule has 1 amide bonds. The monoisotopic (exact) mass is 334 g/mol. The average molecular weight is 334 g/mol. The molecule has 3 rings (SSSR count). The number of amides is 1. The van der Waals surface area contributed by atoms with E-state index >= 15 is 0 Å². The van der Waals surface area contributed by atoms with Crippen molar-refractivity contribution in [3.8, 4) is 5.69 Å². The van der Waals surface area contributed by atoms with E-state index in [0.29, 0.717) is 11.3 Å². The minimum absolute atomic E-state index is 0.327. The number of para-hydroxylation sites is 1. The summed E-state index contributed by atoms with van der Waals surface area (Å²) in [5, 5.41) is 2.73. The van der Waals surface area contributed by atoms with Gasteiger partial charge in [0.15, 0.2) is 6.61 Å². The highest BCUT2D eigenvalue weighted by Crippen LogP contribution is 2.13. The normalized spacial score (nSPS) is 10.3. The standard InChI is InChI=1S/C20H18N2O3/c1-15-6-2-3-7-18(15)21-19(23)14-25-20(24)16-8-10-17(11-9-16)22-12-4-5-13-22/h2-13H,14H2,1H3,(H,21,23). The first-order chi connectivity index (χ1) is 12.1. The molecule has 0 radical (unpaired) electrons. The van der Waals surface area contributed by atoms with E-state index < -0.39 is 5.97 Å². The molecule has 2 aromatic carbocycles. The number of carbonyl (C=O) groups excluding carboxylic acids is 2. The Morgan fingerprint density at radius 3 is 2.32 bits per heavy atom. The number of aryl methyl sites for hydroxylation is 1. The Balaban J connectivity index is 1.55. The largest absolute Gasteiger partial charge is 0.452 e. The summed E-state index contributed by atoms with van der Waals surface area (Å²) in [5.74, 6) is -0.898. The summed E-state index contributed by atoms with van der Waals surface area (Å²) in [7, 11) is 0. The molecule has 0 aliphatic heterocycles. The Hall–Kier alpha value is -3.34.